The van der Waals surface area contributed by atoms with E-state index in [1.807, 2.05) is 30.3 Å². The van der Waals surface area contributed by atoms with Crippen molar-refractivity contribution in [2.24, 2.45) is 0 Å². The molecule has 5 heteroatoms. The monoisotopic (exact) mass is 274 g/mol. The van der Waals surface area contributed by atoms with E-state index in [1.165, 1.54) is 0 Å². The summed E-state index contributed by atoms with van der Waals surface area (Å²) in [4.78, 5) is 11.5. The molecule has 0 aromatic heterocycles. The van der Waals surface area contributed by atoms with Gasteiger partial charge in [0, 0.05) is 5.75 Å². The molecule has 2 N–H and O–H groups in total. The van der Waals surface area contributed by atoms with Crippen molar-refractivity contribution >= 4 is 24.4 Å². The summed E-state index contributed by atoms with van der Waals surface area (Å²) < 4.78 is 5.06. The molecule has 2 rings (SSSR count). The van der Waals surface area contributed by atoms with Gasteiger partial charge in [0.2, 0.25) is 0 Å². The van der Waals surface area contributed by atoms with Crippen LogP contribution in [0, 0.1) is 0 Å². The van der Waals surface area contributed by atoms with Gasteiger partial charge in [0.05, 0.1) is 5.69 Å². The number of carbonyl (C=O) groups is 1. The highest BCUT2D eigenvalue weighted by atomic mass is 32.1. The summed E-state index contributed by atoms with van der Waals surface area (Å²) in [5.74, 6) is 1.18. The minimum absolute atomic E-state index is 0.493. The van der Waals surface area contributed by atoms with Crippen LogP contribution in [0.4, 0.5) is 10.5 Å². The number of anilines is 1. The van der Waals surface area contributed by atoms with Crippen molar-refractivity contribution < 1.29 is 9.53 Å². The molecule has 0 radical (unpaired) electrons. The molecule has 0 bridgehead atoms. The quantitative estimate of drug-likeness (QED) is 0.592. The first-order valence-corrected chi connectivity index (χ1v) is 6.40. The van der Waals surface area contributed by atoms with Crippen LogP contribution in [-0.2, 0) is 5.75 Å². The number of para-hydroxylation sites is 1. The lowest BCUT2D eigenvalue weighted by atomic mass is 10.2. The number of benzene rings is 2. The molecule has 0 spiro atoms. The molecule has 0 aliphatic carbocycles. The number of nitrogens with one attached hydrogen (secondary N) is 2. The molecule has 98 valence electrons. The molecule has 0 heterocycles. The predicted octanol–water partition coefficient (Wildman–Crippen LogP) is 3.23. The van der Waals surface area contributed by atoms with Gasteiger partial charge in [0.25, 0.3) is 0 Å². The Bertz CT molecular complexity index is 529. The average molecular weight is 274 g/mol. The average Bonchev–Trinajstić information content (AvgIpc) is 2.47. The molecule has 0 saturated heterocycles. The van der Waals surface area contributed by atoms with E-state index in [1.54, 1.807) is 24.3 Å². The van der Waals surface area contributed by atoms with Gasteiger partial charge in [-0.3, -0.25) is 5.43 Å². The number of hydrogen-bond acceptors (Lipinski definition) is 4. The third kappa shape index (κ3) is 4.22. The second-order valence-corrected chi connectivity index (χ2v) is 4.12. The van der Waals surface area contributed by atoms with Crippen molar-refractivity contribution in [3.8, 4) is 5.75 Å². The second-order valence-electron chi connectivity index (χ2n) is 3.81. The van der Waals surface area contributed by atoms with Crippen LogP contribution in [0.25, 0.3) is 0 Å². The fraction of sp³-hybridized carbons (Fsp3) is 0.0714. The number of thiol groups is 1. The summed E-state index contributed by atoms with van der Waals surface area (Å²) in [5, 5.41) is 0. The van der Waals surface area contributed by atoms with Gasteiger partial charge in [-0.15, -0.1) is 0 Å². The normalized spacial score (nSPS) is 9.74. The Morgan fingerprint density at radius 1 is 1.05 bits per heavy atom. The topological polar surface area (TPSA) is 50.4 Å². The zero-order chi connectivity index (χ0) is 13.5. The Morgan fingerprint density at radius 3 is 2.37 bits per heavy atom. The van der Waals surface area contributed by atoms with Crippen molar-refractivity contribution in [3.63, 3.8) is 0 Å². The van der Waals surface area contributed by atoms with Gasteiger partial charge in [0.15, 0.2) is 0 Å². The molecule has 0 aliphatic rings. The Labute approximate surface area is 117 Å². The number of amides is 1. The van der Waals surface area contributed by atoms with Crippen LogP contribution in [0.5, 0.6) is 5.75 Å². The lowest BCUT2D eigenvalue weighted by Gasteiger charge is -2.09. The van der Waals surface area contributed by atoms with Gasteiger partial charge in [-0.1, -0.05) is 30.3 Å². The Morgan fingerprint density at radius 2 is 1.74 bits per heavy atom. The smallest absolute Gasteiger partial charge is 0.409 e. The maximum atomic E-state index is 11.5. The summed E-state index contributed by atoms with van der Waals surface area (Å²) in [6.45, 7) is 0. The van der Waals surface area contributed by atoms with Gasteiger partial charge in [0.1, 0.15) is 5.75 Å². The highest BCUT2D eigenvalue weighted by Gasteiger charge is 2.02. The van der Waals surface area contributed by atoms with E-state index in [4.69, 9.17) is 4.74 Å². The van der Waals surface area contributed by atoms with E-state index in [9.17, 15) is 4.79 Å². The summed E-state index contributed by atoms with van der Waals surface area (Å²) in [5.41, 5.74) is 7.11. The van der Waals surface area contributed by atoms with Crippen molar-refractivity contribution in [1.82, 2.24) is 5.43 Å². The van der Waals surface area contributed by atoms with E-state index in [0.29, 0.717) is 11.5 Å². The van der Waals surface area contributed by atoms with E-state index >= 15 is 0 Å². The largest absolute Gasteiger partial charge is 0.431 e. The fourth-order valence-corrected chi connectivity index (χ4v) is 1.65. The first kappa shape index (κ1) is 13.3. The molecule has 19 heavy (non-hydrogen) atoms. The van der Waals surface area contributed by atoms with Crippen LogP contribution in [0.1, 0.15) is 5.56 Å². The zero-order valence-electron chi connectivity index (χ0n) is 10.2. The first-order valence-electron chi connectivity index (χ1n) is 5.76. The van der Waals surface area contributed by atoms with Crippen molar-refractivity contribution in [2.45, 2.75) is 5.75 Å². The molecule has 2 aromatic rings. The van der Waals surface area contributed by atoms with Crippen LogP contribution >= 0.6 is 12.6 Å². The molecule has 0 aliphatic heterocycles. The van der Waals surface area contributed by atoms with Crippen molar-refractivity contribution in [3.05, 3.63) is 60.2 Å². The van der Waals surface area contributed by atoms with E-state index < -0.39 is 6.09 Å². The van der Waals surface area contributed by atoms with E-state index in [0.717, 1.165) is 11.3 Å². The minimum Gasteiger partial charge on any atom is -0.409 e. The molecular weight excluding hydrogens is 260 g/mol. The number of hydrazine groups is 1. The molecule has 0 unspecified atom stereocenters. The highest BCUT2D eigenvalue weighted by molar-refractivity contribution is 7.79. The lowest BCUT2D eigenvalue weighted by molar-refractivity contribution is 0.203. The molecule has 0 saturated carbocycles. The summed E-state index contributed by atoms with van der Waals surface area (Å²) in [7, 11) is 0. The number of ether oxygens (including phenoxy) is 1. The first-order chi connectivity index (χ1) is 9.28. The van der Waals surface area contributed by atoms with Crippen LogP contribution in [-0.4, -0.2) is 6.09 Å². The molecule has 1 amide bonds. The zero-order valence-corrected chi connectivity index (χ0v) is 11.1. The maximum Gasteiger partial charge on any atom is 0.431 e. The van der Waals surface area contributed by atoms with Crippen molar-refractivity contribution in [2.75, 3.05) is 5.43 Å². The lowest BCUT2D eigenvalue weighted by Crippen LogP contribution is -2.32. The molecule has 2 aromatic carbocycles. The summed E-state index contributed by atoms with van der Waals surface area (Å²) in [6.07, 6.45) is -0.565. The molecule has 4 nitrogen and oxygen atoms in total. The van der Waals surface area contributed by atoms with Gasteiger partial charge in [-0.2, -0.15) is 12.6 Å². The standard InChI is InChI=1S/C14H14N2O2S/c17-14(18-13-4-2-1-3-5-13)16-15-12-8-6-11(10-19)7-9-12/h1-9,15,19H,10H2,(H,16,17). The Balaban J connectivity index is 1.83. The fourth-order valence-electron chi connectivity index (χ4n) is 1.44. The van der Waals surface area contributed by atoms with Gasteiger partial charge in [-0.05, 0) is 29.8 Å². The molecular formula is C14H14N2O2S. The Hall–Kier alpha value is -2.14. The van der Waals surface area contributed by atoms with Gasteiger partial charge in [-0.25, -0.2) is 10.2 Å². The molecule has 0 fully saturated rings. The third-order valence-electron chi connectivity index (χ3n) is 2.40. The second kappa shape index (κ2) is 6.70. The van der Waals surface area contributed by atoms with Crippen LogP contribution in [0.2, 0.25) is 0 Å². The number of carbonyl (C=O) groups excluding carboxylic acids is 1. The SMILES string of the molecule is O=C(NNc1ccc(CS)cc1)Oc1ccccc1. The van der Waals surface area contributed by atoms with Gasteiger partial charge >= 0.3 is 6.09 Å². The number of rotatable bonds is 4. The summed E-state index contributed by atoms with van der Waals surface area (Å²) in [6, 6.07) is 16.4. The Kier molecular flexibility index (Phi) is 4.69. The summed E-state index contributed by atoms with van der Waals surface area (Å²) >= 11 is 4.17. The van der Waals surface area contributed by atoms with E-state index in [-0.39, 0.29) is 0 Å². The molecule has 0 atom stereocenters. The van der Waals surface area contributed by atoms with Crippen molar-refractivity contribution in [1.29, 1.82) is 0 Å². The van der Waals surface area contributed by atoms with Crippen LogP contribution in [0.15, 0.2) is 54.6 Å². The number of hydrogen-bond donors (Lipinski definition) is 3. The van der Waals surface area contributed by atoms with Crippen LogP contribution < -0.4 is 15.6 Å². The highest BCUT2D eigenvalue weighted by Crippen LogP contribution is 2.11. The third-order valence-corrected chi connectivity index (χ3v) is 2.76. The van der Waals surface area contributed by atoms with Crippen LogP contribution in [0.3, 0.4) is 0 Å². The van der Waals surface area contributed by atoms with Gasteiger partial charge < -0.3 is 4.74 Å². The minimum atomic E-state index is -0.565. The van der Waals surface area contributed by atoms with E-state index in [2.05, 4.69) is 23.5 Å². The maximum absolute atomic E-state index is 11.5. The predicted molar refractivity (Wildman–Crippen MR) is 78.4 cm³/mol.